The summed E-state index contributed by atoms with van der Waals surface area (Å²) in [6.07, 6.45) is 5.71. The molecule has 3 aliphatic rings. The predicted molar refractivity (Wildman–Crippen MR) is 128 cm³/mol. The molecule has 0 N–H and O–H groups in total. The zero-order valence-electron chi connectivity index (χ0n) is 19.4. The Morgan fingerprint density at radius 3 is 2.56 bits per heavy atom. The van der Waals surface area contributed by atoms with Crippen molar-refractivity contribution in [3.63, 3.8) is 0 Å². The average Bonchev–Trinajstić information content (AvgIpc) is 3.21. The summed E-state index contributed by atoms with van der Waals surface area (Å²) in [5, 5.41) is 0. The second-order valence-corrected chi connectivity index (χ2v) is 9.75. The average molecular weight is 432 g/mol. The number of amides is 1. The lowest BCUT2D eigenvalue weighted by molar-refractivity contribution is -0.135. The molecule has 1 atom stereocenters. The SMILES string of the molecule is Cc1ccc2c(c1)Oc1ccc(C)cc1C(N1CCN(C(=O)CC3CCCC3)C(C)C1)=N2. The lowest BCUT2D eigenvalue weighted by atomic mass is 10.0. The number of ether oxygens (including phenoxy) is 1. The Kier molecular flexibility index (Phi) is 5.66. The van der Waals surface area contributed by atoms with E-state index in [0.717, 1.165) is 53.8 Å². The van der Waals surface area contributed by atoms with Crippen molar-refractivity contribution in [1.29, 1.82) is 0 Å². The molecule has 5 heteroatoms. The van der Waals surface area contributed by atoms with Crippen molar-refractivity contribution in [2.45, 2.75) is 58.9 Å². The van der Waals surface area contributed by atoms with Gasteiger partial charge in [-0.1, -0.05) is 30.5 Å². The van der Waals surface area contributed by atoms with Gasteiger partial charge in [0.05, 0.1) is 5.56 Å². The van der Waals surface area contributed by atoms with Crippen LogP contribution in [0.3, 0.4) is 0 Å². The highest BCUT2D eigenvalue weighted by atomic mass is 16.5. The summed E-state index contributed by atoms with van der Waals surface area (Å²) in [5.41, 5.74) is 4.21. The van der Waals surface area contributed by atoms with Crippen molar-refractivity contribution >= 4 is 17.4 Å². The summed E-state index contributed by atoms with van der Waals surface area (Å²) in [6.45, 7) is 8.65. The molecule has 0 bridgehead atoms. The van der Waals surface area contributed by atoms with E-state index in [0.29, 0.717) is 18.2 Å². The third kappa shape index (κ3) is 4.13. The van der Waals surface area contributed by atoms with Crippen LogP contribution in [0, 0.1) is 19.8 Å². The van der Waals surface area contributed by atoms with Gasteiger partial charge in [0.25, 0.3) is 0 Å². The Morgan fingerprint density at radius 2 is 1.78 bits per heavy atom. The maximum absolute atomic E-state index is 13.0. The summed E-state index contributed by atoms with van der Waals surface area (Å²) >= 11 is 0. The van der Waals surface area contributed by atoms with E-state index in [9.17, 15) is 4.79 Å². The Morgan fingerprint density at radius 1 is 1.03 bits per heavy atom. The number of benzene rings is 2. The van der Waals surface area contributed by atoms with Crippen LogP contribution in [0.5, 0.6) is 11.5 Å². The highest BCUT2D eigenvalue weighted by molar-refractivity contribution is 6.04. The van der Waals surface area contributed by atoms with Crippen LogP contribution in [0.15, 0.2) is 41.4 Å². The summed E-state index contributed by atoms with van der Waals surface area (Å²) in [4.78, 5) is 22.5. The normalized spacial score (nSPS) is 20.8. The van der Waals surface area contributed by atoms with E-state index >= 15 is 0 Å². The van der Waals surface area contributed by atoms with E-state index in [1.807, 2.05) is 18.2 Å². The van der Waals surface area contributed by atoms with Gasteiger partial charge in [-0.3, -0.25) is 4.79 Å². The molecule has 168 valence electrons. The molecule has 1 amide bonds. The first-order chi connectivity index (χ1) is 15.5. The van der Waals surface area contributed by atoms with E-state index < -0.39 is 0 Å². The first kappa shape index (κ1) is 21.0. The van der Waals surface area contributed by atoms with Crippen LogP contribution in [-0.4, -0.2) is 47.2 Å². The smallest absolute Gasteiger partial charge is 0.223 e. The third-order valence-electron chi connectivity index (χ3n) is 7.12. The van der Waals surface area contributed by atoms with Crippen LogP contribution in [-0.2, 0) is 4.79 Å². The van der Waals surface area contributed by atoms with Gasteiger partial charge in [-0.15, -0.1) is 0 Å². The summed E-state index contributed by atoms with van der Waals surface area (Å²) in [7, 11) is 0. The summed E-state index contributed by atoms with van der Waals surface area (Å²) < 4.78 is 6.31. The highest BCUT2D eigenvalue weighted by Crippen LogP contribution is 2.39. The number of fused-ring (bicyclic) bond motifs is 2. The Bertz CT molecular complexity index is 1050. The van der Waals surface area contributed by atoms with Crippen LogP contribution < -0.4 is 4.74 Å². The molecular weight excluding hydrogens is 398 g/mol. The van der Waals surface area contributed by atoms with E-state index in [1.165, 1.54) is 31.2 Å². The number of hydrogen-bond donors (Lipinski definition) is 0. The Balaban J connectivity index is 1.41. The van der Waals surface area contributed by atoms with Gasteiger partial charge in [0, 0.05) is 32.1 Å². The lowest BCUT2D eigenvalue weighted by Crippen LogP contribution is -2.55. The minimum Gasteiger partial charge on any atom is -0.454 e. The van der Waals surface area contributed by atoms with Crippen LogP contribution in [0.25, 0.3) is 0 Å². The number of aliphatic imine (C=N–C) groups is 1. The molecule has 1 aliphatic carbocycles. The van der Waals surface area contributed by atoms with Gasteiger partial charge >= 0.3 is 0 Å². The zero-order chi connectivity index (χ0) is 22.2. The van der Waals surface area contributed by atoms with Gasteiger partial charge in [0.1, 0.15) is 17.3 Å². The minimum absolute atomic E-state index is 0.162. The molecule has 0 radical (unpaired) electrons. The first-order valence-electron chi connectivity index (χ1n) is 12.0. The molecule has 32 heavy (non-hydrogen) atoms. The number of carbonyl (C=O) groups is 1. The molecule has 2 aromatic rings. The molecule has 1 unspecified atom stereocenters. The maximum atomic E-state index is 13.0. The Labute approximate surface area is 191 Å². The quantitative estimate of drug-likeness (QED) is 0.622. The van der Waals surface area contributed by atoms with E-state index in [4.69, 9.17) is 9.73 Å². The third-order valence-corrected chi connectivity index (χ3v) is 7.12. The van der Waals surface area contributed by atoms with Crippen LogP contribution in [0.4, 0.5) is 5.69 Å². The summed E-state index contributed by atoms with van der Waals surface area (Å²) in [6, 6.07) is 12.6. The zero-order valence-corrected chi connectivity index (χ0v) is 19.4. The van der Waals surface area contributed by atoms with Gasteiger partial charge < -0.3 is 14.5 Å². The number of carbonyl (C=O) groups excluding carboxylic acids is 1. The predicted octanol–water partition coefficient (Wildman–Crippen LogP) is 5.60. The van der Waals surface area contributed by atoms with Gasteiger partial charge in [0.2, 0.25) is 5.91 Å². The number of rotatable bonds is 2. The van der Waals surface area contributed by atoms with Crippen molar-refractivity contribution in [2.75, 3.05) is 19.6 Å². The fourth-order valence-electron chi connectivity index (χ4n) is 5.34. The first-order valence-corrected chi connectivity index (χ1v) is 12.0. The molecular formula is C27H33N3O2. The molecule has 2 heterocycles. The van der Waals surface area contributed by atoms with Gasteiger partial charge in [-0.2, -0.15) is 0 Å². The second-order valence-electron chi connectivity index (χ2n) is 9.75. The van der Waals surface area contributed by atoms with Crippen LogP contribution >= 0.6 is 0 Å². The van der Waals surface area contributed by atoms with Gasteiger partial charge in [-0.25, -0.2) is 4.99 Å². The maximum Gasteiger partial charge on any atom is 0.223 e. The number of nitrogens with zero attached hydrogens (tertiary/aromatic N) is 3. The largest absolute Gasteiger partial charge is 0.454 e. The molecule has 2 aromatic carbocycles. The van der Waals surface area contributed by atoms with Crippen molar-refractivity contribution in [3.05, 3.63) is 53.1 Å². The van der Waals surface area contributed by atoms with E-state index in [-0.39, 0.29) is 6.04 Å². The fraction of sp³-hybridized carbons (Fsp3) is 0.481. The van der Waals surface area contributed by atoms with E-state index in [2.05, 4.69) is 48.8 Å². The number of hydrogen-bond acceptors (Lipinski definition) is 4. The Hall–Kier alpha value is -2.82. The fourth-order valence-corrected chi connectivity index (χ4v) is 5.34. The number of amidine groups is 1. The standard InChI is InChI=1S/C27H33N3O2/c1-18-9-11-24-22(14-18)27(28-23-10-8-19(2)15-25(23)32-24)29-12-13-30(20(3)17-29)26(31)16-21-6-4-5-7-21/h8-11,14-15,20-21H,4-7,12-13,16-17H2,1-3H3. The number of piperazine rings is 1. The molecule has 1 saturated heterocycles. The molecule has 5 rings (SSSR count). The molecule has 0 aromatic heterocycles. The van der Waals surface area contributed by atoms with Crippen molar-refractivity contribution < 1.29 is 9.53 Å². The second kappa shape index (κ2) is 8.61. The van der Waals surface area contributed by atoms with Crippen LogP contribution in [0.2, 0.25) is 0 Å². The summed E-state index contributed by atoms with van der Waals surface area (Å²) in [5.74, 6) is 3.49. The topological polar surface area (TPSA) is 45.1 Å². The highest BCUT2D eigenvalue weighted by Gasteiger charge is 2.32. The van der Waals surface area contributed by atoms with Crippen molar-refractivity contribution in [2.24, 2.45) is 10.9 Å². The molecule has 2 aliphatic heterocycles. The minimum atomic E-state index is 0.162. The molecule has 5 nitrogen and oxygen atoms in total. The van der Waals surface area contributed by atoms with E-state index in [1.54, 1.807) is 0 Å². The molecule has 0 spiro atoms. The number of aryl methyl sites for hydroxylation is 2. The molecule has 1 saturated carbocycles. The van der Waals surface area contributed by atoms with Gasteiger partial charge in [0.15, 0.2) is 5.75 Å². The lowest BCUT2D eigenvalue weighted by Gasteiger charge is -2.41. The van der Waals surface area contributed by atoms with Crippen molar-refractivity contribution in [1.82, 2.24) is 9.80 Å². The van der Waals surface area contributed by atoms with Crippen molar-refractivity contribution in [3.8, 4) is 11.5 Å². The van der Waals surface area contributed by atoms with Crippen LogP contribution in [0.1, 0.15) is 55.7 Å². The monoisotopic (exact) mass is 431 g/mol. The van der Waals surface area contributed by atoms with Gasteiger partial charge in [-0.05, 0) is 69.4 Å². The molecule has 2 fully saturated rings.